The third-order valence-electron chi connectivity index (χ3n) is 4.69. The number of aryl methyl sites for hydroxylation is 2. The molecular formula is C19H27N3. The number of rotatable bonds is 6. The van der Waals surface area contributed by atoms with Gasteiger partial charge in [0.2, 0.25) is 0 Å². The molecule has 0 unspecified atom stereocenters. The van der Waals surface area contributed by atoms with Gasteiger partial charge in [-0.15, -0.1) is 0 Å². The molecule has 0 saturated heterocycles. The third kappa shape index (κ3) is 3.77. The van der Waals surface area contributed by atoms with Crippen molar-refractivity contribution < 1.29 is 0 Å². The summed E-state index contributed by atoms with van der Waals surface area (Å²) in [6.45, 7) is 6.37. The molecule has 0 fully saturated rings. The molecule has 0 aliphatic heterocycles. The zero-order chi connectivity index (χ0) is 15.4. The number of hydrogen-bond donors (Lipinski definition) is 2. The van der Waals surface area contributed by atoms with Crippen molar-refractivity contribution in [2.75, 3.05) is 13.1 Å². The average molecular weight is 297 g/mol. The number of fused-ring (bicyclic) bond motifs is 1. The number of benzene rings is 1. The zero-order valence-electron chi connectivity index (χ0n) is 13.8. The molecule has 3 rings (SSSR count). The molecule has 1 aliphatic rings. The first-order chi connectivity index (χ1) is 10.7. The van der Waals surface area contributed by atoms with Crippen LogP contribution in [0.1, 0.15) is 49.1 Å². The highest BCUT2D eigenvalue weighted by atomic mass is 14.9. The van der Waals surface area contributed by atoms with E-state index in [1.165, 1.54) is 43.2 Å². The van der Waals surface area contributed by atoms with Crippen LogP contribution in [0.15, 0.2) is 23.8 Å². The number of nitrogens with one attached hydrogen (secondary N) is 2. The van der Waals surface area contributed by atoms with E-state index in [2.05, 4.69) is 42.4 Å². The van der Waals surface area contributed by atoms with Gasteiger partial charge in [0.15, 0.2) is 0 Å². The molecular weight excluding hydrogens is 270 g/mol. The molecule has 0 saturated carbocycles. The first-order valence-electron chi connectivity index (χ1n) is 8.57. The van der Waals surface area contributed by atoms with Crippen LogP contribution in [0, 0.1) is 13.8 Å². The van der Waals surface area contributed by atoms with Crippen LogP contribution in [-0.2, 0) is 6.42 Å². The van der Waals surface area contributed by atoms with E-state index in [9.17, 15) is 0 Å². The van der Waals surface area contributed by atoms with Crippen LogP contribution in [0.4, 0.5) is 0 Å². The van der Waals surface area contributed by atoms with E-state index in [1.54, 1.807) is 5.57 Å². The SMILES string of the molecule is Cc1cc2nc(CCNCCC3=CCCCC3)[nH]c2cc1C. The molecule has 0 bridgehead atoms. The molecule has 0 amide bonds. The second-order valence-electron chi connectivity index (χ2n) is 6.50. The van der Waals surface area contributed by atoms with Crippen LogP contribution in [0.25, 0.3) is 11.0 Å². The van der Waals surface area contributed by atoms with E-state index in [0.717, 1.165) is 36.4 Å². The fourth-order valence-corrected chi connectivity index (χ4v) is 3.15. The summed E-state index contributed by atoms with van der Waals surface area (Å²) in [6.07, 6.45) is 9.96. The number of imidazole rings is 1. The minimum Gasteiger partial charge on any atom is -0.342 e. The summed E-state index contributed by atoms with van der Waals surface area (Å²) in [5.74, 6) is 1.09. The van der Waals surface area contributed by atoms with Gasteiger partial charge in [0.25, 0.3) is 0 Å². The summed E-state index contributed by atoms with van der Waals surface area (Å²) in [5, 5.41) is 3.55. The van der Waals surface area contributed by atoms with E-state index < -0.39 is 0 Å². The highest BCUT2D eigenvalue weighted by molar-refractivity contribution is 5.77. The Morgan fingerprint density at radius 1 is 1.09 bits per heavy atom. The van der Waals surface area contributed by atoms with Crippen molar-refractivity contribution in [2.45, 2.75) is 52.4 Å². The van der Waals surface area contributed by atoms with Crippen molar-refractivity contribution in [3.63, 3.8) is 0 Å². The summed E-state index contributed by atoms with van der Waals surface area (Å²) >= 11 is 0. The lowest BCUT2D eigenvalue weighted by Gasteiger charge is -2.12. The summed E-state index contributed by atoms with van der Waals surface area (Å²) in [4.78, 5) is 8.14. The van der Waals surface area contributed by atoms with Gasteiger partial charge in [0, 0.05) is 13.0 Å². The van der Waals surface area contributed by atoms with Gasteiger partial charge in [-0.25, -0.2) is 4.98 Å². The number of nitrogens with zero attached hydrogens (tertiary/aromatic N) is 1. The lowest BCUT2D eigenvalue weighted by Crippen LogP contribution is -2.19. The monoisotopic (exact) mass is 297 g/mol. The predicted molar refractivity (Wildman–Crippen MR) is 93.3 cm³/mol. The van der Waals surface area contributed by atoms with Gasteiger partial charge in [-0.2, -0.15) is 0 Å². The first-order valence-corrected chi connectivity index (χ1v) is 8.57. The maximum Gasteiger partial charge on any atom is 0.108 e. The smallest absolute Gasteiger partial charge is 0.108 e. The summed E-state index contributed by atoms with van der Waals surface area (Å²) in [5.41, 5.74) is 6.52. The summed E-state index contributed by atoms with van der Waals surface area (Å²) < 4.78 is 0. The van der Waals surface area contributed by atoms with Crippen LogP contribution >= 0.6 is 0 Å². The van der Waals surface area contributed by atoms with Crippen molar-refractivity contribution in [2.24, 2.45) is 0 Å². The topological polar surface area (TPSA) is 40.7 Å². The van der Waals surface area contributed by atoms with Gasteiger partial charge in [0.05, 0.1) is 11.0 Å². The molecule has 0 radical (unpaired) electrons. The van der Waals surface area contributed by atoms with E-state index in [4.69, 9.17) is 4.98 Å². The van der Waals surface area contributed by atoms with Crippen molar-refractivity contribution in [1.29, 1.82) is 0 Å². The Balaban J connectivity index is 1.46. The highest BCUT2D eigenvalue weighted by Gasteiger charge is 2.05. The molecule has 0 atom stereocenters. The quantitative estimate of drug-likeness (QED) is 0.619. The Morgan fingerprint density at radius 3 is 2.73 bits per heavy atom. The standard InChI is InChI=1S/C19H27N3/c1-14-12-17-18(13-15(14)2)22-19(21-17)9-11-20-10-8-16-6-4-3-5-7-16/h6,12-13,20H,3-5,7-11H2,1-2H3,(H,21,22). The normalized spacial score (nSPS) is 15.3. The summed E-state index contributed by atoms with van der Waals surface area (Å²) in [7, 11) is 0. The molecule has 1 heterocycles. The Hall–Kier alpha value is -1.61. The fourth-order valence-electron chi connectivity index (χ4n) is 3.15. The Bertz CT molecular complexity index is 628. The van der Waals surface area contributed by atoms with Crippen molar-refractivity contribution in [1.82, 2.24) is 15.3 Å². The molecule has 2 N–H and O–H groups in total. The Kier molecular flexibility index (Phi) is 4.94. The second kappa shape index (κ2) is 7.10. The fraction of sp³-hybridized carbons (Fsp3) is 0.526. The van der Waals surface area contributed by atoms with E-state index >= 15 is 0 Å². The van der Waals surface area contributed by atoms with Crippen molar-refractivity contribution >= 4 is 11.0 Å². The lowest BCUT2D eigenvalue weighted by atomic mass is 9.97. The lowest BCUT2D eigenvalue weighted by molar-refractivity contribution is 0.628. The van der Waals surface area contributed by atoms with Gasteiger partial charge in [-0.3, -0.25) is 0 Å². The van der Waals surface area contributed by atoms with E-state index in [-0.39, 0.29) is 0 Å². The maximum absolute atomic E-state index is 4.70. The average Bonchev–Trinajstić information content (AvgIpc) is 2.90. The zero-order valence-corrected chi connectivity index (χ0v) is 13.8. The second-order valence-corrected chi connectivity index (χ2v) is 6.50. The maximum atomic E-state index is 4.70. The van der Waals surface area contributed by atoms with Crippen LogP contribution in [0.3, 0.4) is 0 Å². The van der Waals surface area contributed by atoms with Crippen LogP contribution in [0.5, 0.6) is 0 Å². The molecule has 1 aromatic heterocycles. The first kappa shape index (κ1) is 15.3. The number of allylic oxidation sites excluding steroid dienone is 1. The van der Waals surface area contributed by atoms with Crippen LogP contribution < -0.4 is 5.32 Å². The van der Waals surface area contributed by atoms with Gasteiger partial charge >= 0.3 is 0 Å². The summed E-state index contributed by atoms with van der Waals surface area (Å²) in [6, 6.07) is 4.37. The van der Waals surface area contributed by atoms with Crippen LogP contribution in [0.2, 0.25) is 0 Å². The molecule has 3 heteroatoms. The van der Waals surface area contributed by atoms with Crippen molar-refractivity contribution in [3.05, 3.63) is 40.7 Å². The van der Waals surface area contributed by atoms with Gasteiger partial charge < -0.3 is 10.3 Å². The van der Waals surface area contributed by atoms with E-state index in [0.29, 0.717) is 0 Å². The largest absolute Gasteiger partial charge is 0.342 e. The van der Waals surface area contributed by atoms with Gasteiger partial charge in [-0.05, 0) is 75.8 Å². The Morgan fingerprint density at radius 2 is 1.91 bits per heavy atom. The third-order valence-corrected chi connectivity index (χ3v) is 4.69. The van der Waals surface area contributed by atoms with Crippen LogP contribution in [-0.4, -0.2) is 23.1 Å². The minimum absolute atomic E-state index is 0.964. The van der Waals surface area contributed by atoms with E-state index in [1.807, 2.05) is 0 Å². The Labute approximate surface area is 133 Å². The molecule has 0 spiro atoms. The number of H-pyrrole nitrogens is 1. The minimum atomic E-state index is 0.964. The van der Waals surface area contributed by atoms with Crippen molar-refractivity contribution in [3.8, 4) is 0 Å². The number of aromatic amines is 1. The number of hydrogen-bond acceptors (Lipinski definition) is 2. The molecule has 1 aromatic carbocycles. The molecule has 118 valence electrons. The molecule has 22 heavy (non-hydrogen) atoms. The molecule has 2 aromatic rings. The van der Waals surface area contributed by atoms with Gasteiger partial charge in [0.1, 0.15) is 5.82 Å². The molecule has 3 nitrogen and oxygen atoms in total. The highest BCUT2D eigenvalue weighted by Crippen LogP contribution is 2.19. The van der Waals surface area contributed by atoms with Gasteiger partial charge in [-0.1, -0.05) is 11.6 Å². The predicted octanol–water partition coefficient (Wildman–Crippen LogP) is 4.20. The molecule has 1 aliphatic carbocycles. The number of aromatic nitrogens is 2.